The van der Waals surface area contributed by atoms with E-state index in [1.807, 2.05) is 0 Å². The van der Waals surface area contributed by atoms with Crippen LogP contribution in [0.25, 0.3) is 0 Å². The molecular weight excluding hydrogens is 204 g/mol. The maximum Gasteiger partial charge on any atom is 0.221 e. The number of ether oxygens (including phenoxy) is 1. The van der Waals surface area contributed by atoms with E-state index in [4.69, 9.17) is 4.74 Å². The van der Waals surface area contributed by atoms with Crippen molar-refractivity contribution >= 4 is 5.91 Å². The zero-order valence-electron chi connectivity index (χ0n) is 10.00. The number of carbonyl (C=O) groups is 1. The average Bonchev–Trinajstić information content (AvgIpc) is 3.02. The normalized spacial score (nSPS) is 30.1. The SMILES string of the molecule is CC1CC(NCCC(=O)NC2CC2)CCO1. The largest absolute Gasteiger partial charge is 0.378 e. The van der Waals surface area contributed by atoms with Crippen molar-refractivity contribution in [2.45, 2.75) is 57.2 Å². The summed E-state index contributed by atoms with van der Waals surface area (Å²) in [7, 11) is 0. The van der Waals surface area contributed by atoms with Gasteiger partial charge in [-0.1, -0.05) is 0 Å². The first-order valence-electron chi connectivity index (χ1n) is 6.38. The molecule has 1 saturated heterocycles. The molecule has 2 fully saturated rings. The lowest BCUT2D eigenvalue weighted by Crippen LogP contribution is -2.39. The van der Waals surface area contributed by atoms with Gasteiger partial charge in [0.15, 0.2) is 0 Å². The second-order valence-corrected chi connectivity index (χ2v) is 4.95. The molecule has 1 amide bonds. The minimum atomic E-state index is 0.190. The molecule has 4 heteroatoms. The Hall–Kier alpha value is -0.610. The zero-order chi connectivity index (χ0) is 11.4. The highest BCUT2D eigenvalue weighted by molar-refractivity contribution is 5.76. The minimum Gasteiger partial charge on any atom is -0.378 e. The predicted octanol–water partition coefficient (Wildman–Crippen LogP) is 0.812. The highest BCUT2D eigenvalue weighted by Crippen LogP contribution is 2.18. The number of hydrogen-bond acceptors (Lipinski definition) is 3. The fraction of sp³-hybridized carbons (Fsp3) is 0.917. The standard InChI is InChI=1S/C12H22N2O2/c1-9-8-11(5-7-16-9)13-6-4-12(15)14-10-2-3-10/h9-11,13H,2-8H2,1H3,(H,14,15). The van der Waals surface area contributed by atoms with E-state index in [2.05, 4.69) is 17.6 Å². The van der Waals surface area contributed by atoms with Crippen molar-refractivity contribution in [3.8, 4) is 0 Å². The average molecular weight is 226 g/mol. The Kier molecular flexibility index (Phi) is 4.18. The molecule has 0 bridgehead atoms. The molecule has 0 aromatic carbocycles. The van der Waals surface area contributed by atoms with E-state index in [0.717, 1.165) is 38.8 Å². The van der Waals surface area contributed by atoms with E-state index in [1.165, 1.54) is 0 Å². The summed E-state index contributed by atoms with van der Waals surface area (Å²) in [6.45, 7) is 3.73. The molecule has 2 N–H and O–H groups in total. The third-order valence-corrected chi connectivity index (χ3v) is 3.21. The summed E-state index contributed by atoms with van der Waals surface area (Å²) in [5, 5.41) is 6.43. The number of amides is 1. The summed E-state index contributed by atoms with van der Waals surface area (Å²) < 4.78 is 5.48. The van der Waals surface area contributed by atoms with Crippen molar-refractivity contribution < 1.29 is 9.53 Å². The minimum absolute atomic E-state index is 0.190. The predicted molar refractivity (Wildman–Crippen MR) is 62.2 cm³/mol. The molecule has 2 rings (SSSR count). The van der Waals surface area contributed by atoms with Crippen LogP contribution < -0.4 is 10.6 Å². The van der Waals surface area contributed by atoms with Gasteiger partial charge >= 0.3 is 0 Å². The van der Waals surface area contributed by atoms with Crippen molar-refractivity contribution in [3.05, 3.63) is 0 Å². The number of nitrogens with one attached hydrogen (secondary N) is 2. The second-order valence-electron chi connectivity index (χ2n) is 4.95. The Bertz CT molecular complexity index is 241. The van der Waals surface area contributed by atoms with Crippen molar-refractivity contribution in [1.29, 1.82) is 0 Å². The number of hydrogen-bond donors (Lipinski definition) is 2. The second kappa shape index (κ2) is 5.64. The summed E-state index contributed by atoms with van der Waals surface area (Å²) in [6, 6.07) is 1.01. The van der Waals surface area contributed by atoms with Crippen LogP contribution in [-0.4, -0.2) is 37.2 Å². The zero-order valence-corrected chi connectivity index (χ0v) is 10.00. The molecule has 1 aliphatic carbocycles. The molecule has 1 heterocycles. The highest BCUT2D eigenvalue weighted by Gasteiger charge is 2.23. The summed E-state index contributed by atoms with van der Waals surface area (Å²) in [5.74, 6) is 0.190. The third-order valence-electron chi connectivity index (χ3n) is 3.21. The molecule has 0 radical (unpaired) electrons. The maximum absolute atomic E-state index is 11.4. The molecule has 4 nitrogen and oxygen atoms in total. The Labute approximate surface area is 97.1 Å². The van der Waals surface area contributed by atoms with E-state index in [9.17, 15) is 4.79 Å². The fourth-order valence-electron chi connectivity index (χ4n) is 2.10. The fourth-order valence-corrected chi connectivity index (χ4v) is 2.10. The van der Waals surface area contributed by atoms with Crippen LogP contribution in [0, 0.1) is 0 Å². The third kappa shape index (κ3) is 4.10. The van der Waals surface area contributed by atoms with E-state index in [-0.39, 0.29) is 5.91 Å². The molecular formula is C12H22N2O2. The van der Waals surface area contributed by atoms with Gasteiger partial charge in [0.05, 0.1) is 6.10 Å². The van der Waals surface area contributed by atoms with Crippen LogP contribution in [-0.2, 0) is 9.53 Å². The van der Waals surface area contributed by atoms with E-state index in [1.54, 1.807) is 0 Å². The summed E-state index contributed by atoms with van der Waals surface area (Å²) >= 11 is 0. The molecule has 2 aliphatic rings. The Morgan fingerprint density at radius 2 is 2.12 bits per heavy atom. The van der Waals surface area contributed by atoms with Crippen LogP contribution in [0.5, 0.6) is 0 Å². The maximum atomic E-state index is 11.4. The molecule has 0 aromatic heterocycles. The molecule has 2 unspecified atom stereocenters. The number of carbonyl (C=O) groups excluding carboxylic acids is 1. The van der Waals surface area contributed by atoms with Gasteiger partial charge in [0.25, 0.3) is 0 Å². The summed E-state index contributed by atoms with van der Waals surface area (Å²) in [4.78, 5) is 11.4. The Balaban J connectivity index is 1.54. The molecule has 1 aliphatic heterocycles. The molecule has 1 saturated carbocycles. The topological polar surface area (TPSA) is 50.4 Å². The van der Waals surface area contributed by atoms with E-state index >= 15 is 0 Å². The molecule has 0 spiro atoms. The molecule has 2 atom stereocenters. The van der Waals surface area contributed by atoms with Crippen molar-refractivity contribution in [1.82, 2.24) is 10.6 Å². The van der Waals surface area contributed by atoms with Gasteiger partial charge in [-0.25, -0.2) is 0 Å². The van der Waals surface area contributed by atoms with Gasteiger partial charge in [0, 0.05) is 31.7 Å². The summed E-state index contributed by atoms with van der Waals surface area (Å²) in [6.07, 6.45) is 5.40. The lowest BCUT2D eigenvalue weighted by atomic mass is 10.0. The van der Waals surface area contributed by atoms with Crippen molar-refractivity contribution in [2.75, 3.05) is 13.2 Å². The number of rotatable bonds is 5. The van der Waals surface area contributed by atoms with Crippen LogP contribution in [0.3, 0.4) is 0 Å². The van der Waals surface area contributed by atoms with Crippen LogP contribution in [0.15, 0.2) is 0 Å². The van der Waals surface area contributed by atoms with Gasteiger partial charge in [0.2, 0.25) is 5.91 Å². The molecule has 16 heavy (non-hydrogen) atoms. The van der Waals surface area contributed by atoms with Gasteiger partial charge < -0.3 is 15.4 Å². The van der Waals surface area contributed by atoms with Gasteiger partial charge in [-0.2, -0.15) is 0 Å². The molecule has 0 aromatic rings. The first-order valence-corrected chi connectivity index (χ1v) is 6.38. The smallest absolute Gasteiger partial charge is 0.221 e. The van der Waals surface area contributed by atoms with Gasteiger partial charge in [-0.3, -0.25) is 4.79 Å². The highest BCUT2D eigenvalue weighted by atomic mass is 16.5. The van der Waals surface area contributed by atoms with Gasteiger partial charge in [-0.05, 0) is 32.6 Å². The Morgan fingerprint density at radius 1 is 1.31 bits per heavy atom. The Morgan fingerprint density at radius 3 is 2.81 bits per heavy atom. The quantitative estimate of drug-likeness (QED) is 0.729. The van der Waals surface area contributed by atoms with Crippen LogP contribution in [0.1, 0.15) is 39.0 Å². The monoisotopic (exact) mass is 226 g/mol. The lowest BCUT2D eigenvalue weighted by molar-refractivity contribution is -0.121. The van der Waals surface area contributed by atoms with Gasteiger partial charge in [-0.15, -0.1) is 0 Å². The lowest BCUT2D eigenvalue weighted by Gasteiger charge is -2.28. The van der Waals surface area contributed by atoms with Crippen molar-refractivity contribution in [3.63, 3.8) is 0 Å². The molecule has 92 valence electrons. The van der Waals surface area contributed by atoms with E-state index in [0.29, 0.717) is 24.6 Å². The van der Waals surface area contributed by atoms with E-state index < -0.39 is 0 Å². The van der Waals surface area contributed by atoms with Crippen LogP contribution >= 0.6 is 0 Å². The summed E-state index contributed by atoms with van der Waals surface area (Å²) in [5.41, 5.74) is 0. The van der Waals surface area contributed by atoms with Crippen LogP contribution in [0.4, 0.5) is 0 Å². The van der Waals surface area contributed by atoms with Crippen LogP contribution in [0.2, 0.25) is 0 Å². The first-order chi connectivity index (χ1) is 7.74. The first kappa shape index (κ1) is 11.9. The van der Waals surface area contributed by atoms with Gasteiger partial charge in [0.1, 0.15) is 0 Å². The van der Waals surface area contributed by atoms with Crippen molar-refractivity contribution in [2.24, 2.45) is 0 Å².